The molecule has 2 N–H and O–H groups in total. The van der Waals surface area contributed by atoms with E-state index in [9.17, 15) is 19.7 Å². The van der Waals surface area contributed by atoms with Crippen LogP contribution in [0.15, 0.2) is 29.1 Å². The van der Waals surface area contributed by atoms with E-state index in [1.807, 2.05) is 4.90 Å². The Hall–Kier alpha value is -2.90. The zero-order chi connectivity index (χ0) is 16.6. The fraction of sp³-hybridized carbons (Fsp3) is 0.333. The van der Waals surface area contributed by atoms with Gasteiger partial charge < -0.3 is 14.8 Å². The molecule has 1 aromatic carbocycles. The van der Waals surface area contributed by atoms with Gasteiger partial charge in [0.1, 0.15) is 5.69 Å². The third-order valence-electron chi connectivity index (χ3n) is 4.10. The van der Waals surface area contributed by atoms with Gasteiger partial charge in [0.15, 0.2) is 0 Å². The maximum Gasteiger partial charge on any atom is 0.404 e. The first-order valence-corrected chi connectivity index (χ1v) is 7.30. The second-order valence-corrected chi connectivity index (χ2v) is 5.46. The molecule has 1 saturated heterocycles. The van der Waals surface area contributed by atoms with Gasteiger partial charge in [-0.25, -0.2) is 5.21 Å². The van der Waals surface area contributed by atoms with Crippen LogP contribution in [-0.4, -0.2) is 52.1 Å². The molecular weight excluding hydrogens is 300 g/mol. The van der Waals surface area contributed by atoms with E-state index < -0.39 is 10.5 Å². The maximum absolute atomic E-state index is 12.2. The molecule has 1 aliphatic heterocycles. The average molecular weight is 317 g/mol. The number of nitrogens with one attached hydrogen (secondary N) is 1. The topological polar surface area (TPSA) is 96.7 Å². The molecule has 1 amide bonds. The molecule has 0 radical (unpaired) electrons. The molecule has 0 atom stereocenters. The molecule has 8 nitrogen and oxygen atoms in total. The summed E-state index contributed by atoms with van der Waals surface area (Å²) in [5.41, 5.74) is 0.00215. The third-order valence-corrected chi connectivity index (χ3v) is 4.10. The fourth-order valence-corrected chi connectivity index (χ4v) is 2.96. The summed E-state index contributed by atoms with van der Waals surface area (Å²) in [7, 11) is 0. The number of pyridine rings is 1. The Morgan fingerprint density at radius 1 is 1.22 bits per heavy atom. The number of carbonyl (C=O) groups excluding carboxylic acids is 1. The number of para-hydroxylation sites is 1. The van der Waals surface area contributed by atoms with Gasteiger partial charge in [0.25, 0.3) is 4.92 Å². The normalized spacial score (nSPS) is 15.0. The highest BCUT2D eigenvalue weighted by Crippen LogP contribution is 2.32. The van der Waals surface area contributed by atoms with Crippen molar-refractivity contribution in [1.29, 1.82) is 0 Å². The minimum atomic E-state index is -0.648. The van der Waals surface area contributed by atoms with Gasteiger partial charge >= 0.3 is 11.2 Å². The van der Waals surface area contributed by atoms with Crippen LogP contribution in [0.4, 0.5) is 11.4 Å². The first-order chi connectivity index (χ1) is 11.0. The van der Waals surface area contributed by atoms with Gasteiger partial charge in [0.05, 0.1) is 10.4 Å². The van der Waals surface area contributed by atoms with Crippen LogP contribution in [0.25, 0.3) is 10.9 Å². The van der Waals surface area contributed by atoms with Crippen molar-refractivity contribution >= 4 is 28.2 Å². The summed E-state index contributed by atoms with van der Waals surface area (Å²) in [5, 5.41) is 10.1. The zero-order valence-corrected chi connectivity index (χ0v) is 12.7. The number of fused-ring (bicyclic) bond motifs is 1. The Balaban J connectivity index is 2.12. The van der Waals surface area contributed by atoms with Gasteiger partial charge in [-0.05, 0) is 6.07 Å². The Morgan fingerprint density at radius 2 is 1.87 bits per heavy atom. The van der Waals surface area contributed by atoms with E-state index in [0.29, 0.717) is 42.8 Å². The Morgan fingerprint density at radius 3 is 2.48 bits per heavy atom. The lowest BCUT2D eigenvalue weighted by Crippen LogP contribution is -2.48. The number of rotatable bonds is 2. The number of aromatic amines is 1. The number of aromatic nitrogens is 1. The number of H-pyrrole nitrogens is 1. The van der Waals surface area contributed by atoms with Gasteiger partial charge in [-0.2, -0.15) is 0 Å². The van der Waals surface area contributed by atoms with Crippen LogP contribution in [0, 0.1) is 4.91 Å². The number of anilines is 1. The molecule has 3 rings (SSSR count). The van der Waals surface area contributed by atoms with Crippen LogP contribution in [0.1, 0.15) is 6.92 Å². The van der Waals surface area contributed by atoms with Crippen molar-refractivity contribution in [2.75, 3.05) is 31.1 Å². The lowest BCUT2D eigenvalue weighted by molar-refractivity contribution is -0.730. The summed E-state index contributed by atoms with van der Waals surface area (Å²) >= 11 is 0. The third kappa shape index (κ3) is 2.63. The van der Waals surface area contributed by atoms with Crippen LogP contribution in [0.3, 0.4) is 0 Å². The zero-order valence-electron chi connectivity index (χ0n) is 12.7. The van der Waals surface area contributed by atoms with Gasteiger partial charge in [-0.1, -0.05) is 18.2 Å². The predicted octanol–water partition coefficient (Wildman–Crippen LogP) is 0.996. The Labute approximate surface area is 131 Å². The summed E-state index contributed by atoms with van der Waals surface area (Å²) in [6.45, 7) is 3.47. The molecule has 2 aromatic rings. The number of benzene rings is 1. The smallest absolute Gasteiger partial charge is 0.362 e. The first kappa shape index (κ1) is 15.0. The van der Waals surface area contributed by atoms with E-state index in [4.69, 9.17) is 0 Å². The lowest BCUT2D eigenvalue weighted by Gasteiger charge is -2.35. The molecular formula is C15H17N4O4+. The van der Waals surface area contributed by atoms with E-state index in [1.165, 1.54) is 6.92 Å². The van der Waals surface area contributed by atoms with Crippen LogP contribution in [0.2, 0.25) is 0 Å². The van der Waals surface area contributed by atoms with E-state index in [0.717, 1.165) is 0 Å². The van der Waals surface area contributed by atoms with Crippen molar-refractivity contribution in [2.45, 2.75) is 6.92 Å². The molecule has 1 aliphatic rings. The molecule has 0 unspecified atom stereocenters. The molecule has 8 heteroatoms. The summed E-state index contributed by atoms with van der Waals surface area (Å²) in [5.74, 6) is -0.00625. The van der Waals surface area contributed by atoms with Gasteiger partial charge in [-0.3, -0.25) is 9.59 Å². The van der Waals surface area contributed by atoms with Gasteiger partial charge in [0.2, 0.25) is 5.91 Å². The second-order valence-electron chi connectivity index (χ2n) is 5.46. The number of hydrogen-bond acceptors (Lipinski definition) is 4. The molecule has 0 bridgehead atoms. The van der Waals surface area contributed by atoms with Crippen molar-refractivity contribution in [3.8, 4) is 0 Å². The number of hydrogen-bond donors (Lipinski definition) is 2. The van der Waals surface area contributed by atoms with Crippen LogP contribution < -0.4 is 10.5 Å². The van der Waals surface area contributed by atoms with E-state index >= 15 is 0 Å². The van der Waals surface area contributed by atoms with E-state index in [2.05, 4.69) is 4.98 Å². The first-order valence-electron chi connectivity index (χ1n) is 7.30. The van der Waals surface area contributed by atoms with E-state index in [1.54, 1.807) is 29.2 Å². The molecule has 0 spiro atoms. The summed E-state index contributed by atoms with van der Waals surface area (Å²) in [4.78, 5) is 40.9. The monoisotopic (exact) mass is 317 g/mol. The largest absolute Gasteiger partial charge is 0.404 e. The fourth-order valence-electron chi connectivity index (χ4n) is 2.96. The van der Waals surface area contributed by atoms with Crippen molar-refractivity contribution in [3.63, 3.8) is 0 Å². The van der Waals surface area contributed by atoms with Crippen molar-refractivity contribution in [3.05, 3.63) is 39.5 Å². The summed E-state index contributed by atoms with van der Waals surface area (Å²) < 4.78 is 0. The van der Waals surface area contributed by atoms with Crippen molar-refractivity contribution in [1.82, 2.24) is 9.88 Å². The molecule has 0 aliphatic carbocycles. The number of piperazine rings is 1. The molecule has 23 heavy (non-hydrogen) atoms. The van der Waals surface area contributed by atoms with Crippen molar-refractivity contribution in [2.24, 2.45) is 0 Å². The van der Waals surface area contributed by atoms with Gasteiger partial charge in [0, 0.05) is 38.5 Å². The molecule has 1 aromatic heterocycles. The molecule has 120 valence electrons. The highest BCUT2D eigenvalue weighted by Gasteiger charge is 2.32. The average Bonchev–Trinajstić information content (AvgIpc) is 2.53. The number of carbonyl (C=O) groups is 1. The standard InChI is InChI=1S/C15H16N4O4/c1-10(20)17-6-8-18(9-7-17)13-11-4-2-3-5-12(11)16-15(21)14(13)19(22)23/h2-5H,6-9H2,1H3,(H-,16,21,22,23)/p+1. The maximum atomic E-state index is 12.2. The SMILES string of the molecule is CC(=O)N1CCN(c2c([N+](=O)O)c(=O)[nH]c3ccccc23)CC1. The second kappa shape index (κ2) is 5.71. The molecule has 2 heterocycles. The van der Waals surface area contributed by atoms with Crippen molar-refractivity contribution < 1.29 is 14.9 Å². The molecule has 0 saturated carbocycles. The summed E-state index contributed by atoms with van der Waals surface area (Å²) in [6, 6.07) is 7.10. The Kier molecular flexibility index (Phi) is 3.73. The van der Waals surface area contributed by atoms with Gasteiger partial charge in [-0.15, -0.1) is 0 Å². The highest BCUT2D eigenvalue weighted by atomic mass is 16.6. The number of nitrogens with zero attached hydrogens (tertiary/aromatic N) is 3. The summed E-state index contributed by atoms with van der Waals surface area (Å²) in [6.07, 6.45) is 0. The van der Waals surface area contributed by atoms with Crippen LogP contribution in [-0.2, 0) is 4.79 Å². The predicted molar refractivity (Wildman–Crippen MR) is 84.1 cm³/mol. The minimum absolute atomic E-state index is 0.00625. The molecule has 1 fully saturated rings. The van der Waals surface area contributed by atoms with Crippen LogP contribution >= 0.6 is 0 Å². The highest BCUT2D eigenvalue weighted by molar-refractivity contribution is 5.96. The van der Waals surface area contributed by atoms with Crippen LogP contribution in [0.5, 0.6) is 0 Å². The minimum Gasteiger partial charge on any atom is -0.362 e. The quantitative estimate of drug-likeness (QED) is 0.805. The Bertz CT molecular complexity index is 837. The van der Waals surface area contributed by atoms with E-state index in [-0.39, 0.29) is 11.6 Å². The number of amides is 1. The lowest BCUT2D eigenvalue weighted by atomic mass is 10.1.